The summed E-state index contributed by atoms with van der Waals surface area (Å²) >= 11 is 0. The van der Waals surface area contributed by atoms with Crippen LogP contribution < -0.4 is 0 Å². The minimum atomic E-state index is -0.549. The van der Waals surface area contributed by atoms with Gasteiger partial charge in [0.2, 0.25) is 0 Å². The standard InChI is InChI=1S/C17H23FN2O3/c1-2-3-13-10-23-11-14-9-19(6-7-20(13)14)17(22)15-5-4-12(18)8-16(15)21/h4-5,8,13-14,21H,2-3,6-7,9-11H2,1H3/t13-,14+/m0/s1. The van der Waals surface area contributed by atoms with E-state index in [0.29, 0.717) is 25.7 Å². The second-order valence-electron chi connectivity index (χ2n) is 6.28. The summed E-state index contributed by atoms with van der Waals surface area (Å²) < 4.78 is 18.8. The fourth-order valence-electron chi connectivity index (χ4n) is 3.56. The van der Waals surface area contributed by atoms with E-state index in [1.807, 2.05) is 0 Å². The average Bonchev–Trinajstić information content (AvgIpc) is 2.54. The number of hydrogen-bond acceptors (Lipinski definition) is 4. The minimum absolute atomic E-state index is 0.154. The SMILES string of the molecule is CCC[C@H]1COC[C@H]2CN(C(=O)c3ccc(F)cc3O)CCN12. The maximum atomic E-state index is 13.1. The third-order valence-electron chi connectivity index (χ3n) is 4.72. The molecular formula is C17H23FN2O3. The van der Waals surface area contributed by atoms with Crippen molar-refractivity contribution in [3.8, 4) is 5.75 Å². The van der Waals surface area contributed by atoms with Crippen LogP contribution in [0.1, 0.15) is 30.1 Å². The zero-order valence-electron chi connectivity index (χ0n) is 13.4. The van der Waals surface area contributed by atoms with Crippen LogP contribution in [-0.2, 0) is 4.74 Å². The maximum Gasteiger partial charge on any atom is 0.257 e. The van der Waals surface area contributed by atoms with Gasteiger partial charge in [-0.3, -0.25) is 9.69 Å². The summed E-state index contributed by atoms with van der Waals surface area (Å²) in [6.07, 6.45) is 2.21. The number of nitrogens with zero attached hydrogens (tertiary/aromatic N) is 2. The Labute approximate surface area is 135 Å². The Hall–Kier alpha value is -1.66. The highest BCUT2D eigenvalue weighted by Gasteiger charge is 2.37. The predicted molar refractivity (Wildman–Crippen MR) is 84.0 cm³/mol. The van der Waals surface area contributed by atoms with Crippen LogP contribution in [0.5, 0.6) is 5.75 Å². The number of phenols is 1. The van der Waals surface area contributed by atoms with Crippen molar-refractivity contribution in [1.29, 1.82) is 0 Å². The van der Waals surface area contributed by atoms with E-state index in [2.05, 4.69) is 11.8 Å². The van der Waals surface area contributed by atoms with Crippen LogP contribution in [0, 0.1) is 5.82 Å². The molecule has 0 bridgehead atoms. The quantitative estimate of drug-likeness (QED) is 0.923. The molecule has 5 nitrogen and oxygen atoms in total. The summed E-state index contributed by atoms with van der Waals surface area (Å²) in [6, 6.07) is 4.14. The number of amides is 1. The molecule has 1 aromatic carbocycles. The molecule has 3 rings (SSSR count). The number of halogens is 1. The lowest BCUT2D eigenvalue weighted by Gasteiger charge is -2.48. The van der Waals surface area contributed by atoms with Gasteiger partial charge in [-0.1, -0.05) is 13.3 Å². The van der Waals surface area contributed by atoms with Crippen molar-refractivity contribution < 1.29 is 19.0 Å². The summed E-state index contributed by atoms with van der Waals surface area (Å²) in [5.74, 6) is -1.10. The maximum absolute atomic E-state index is 13.1. The van der Waals surface area contributed by atoms with Gasteiger partial charge in [-0.2, -0.15) is 0 Å². The van der Waals surface area contributed by atoms with Crippen LogP contribution in [0.2, 0.25) is 0 Å². The average molecular weight is 322 g/mol. The van der Waals surface area contributed by atoms with E-state index in [-0.39, 0.29) is 23.3 Å². The molecule has 23 heavy (non-hydrogen) atoms. The summed E-state index contributed by atoms with van der Waals surface area (Å²) in [6.45, 7) is 5.56. The van der Waals surface area contributed by atoms with Crippen molar-refractivity contribution in [3.63, 3.8) is 0 Å². The number of piperazine rings is 1. The molecule has 0 saturated carbocycles. The molecule has 0 aromatic heterocycles. The van der Waals surface area contributed by atoms with Gasteiger partial charge in [-0.15, -0.1) is 0 Å². The Bertz CT molecular complexity index is 579. The third kappa shape index (κ3) is 3.33. The van der Waals surface area contributed by atoms with E-state index in [9.17, 15) is 14.3 Å². The van der Waals surface area contributed by atoms with Crippen LogP contribution in [0.4, 0.5) is 4.39 Å². The molecule has 1 aromatic rings. The monoisotopic (exact) mass is 322 g/mol. The third-order valence-corrected chi connectivity index (χ3v) is 4.72. The van der Waals surface area contributed by atoms with E-state index < -0.39 is 5.82 Å². The Morgan fingerprint density at radius 3 is 2.96 bits per heavy atom. The molecule has 1 amide bonds. The van der Waals surface area contributed by atoms with E-state index in [0.717, 1.165) is 32.1 Å². The van der Waals surface area contributed by atoms with Gasteiger partial charge in [-0.05, 0) is 18.6 Å². The smallest absolute Gasteiger partial charge is 0.257 e. The lowest BCUT2D eigenvalue weighted by Crippen LogP contribution is -2.62. The van der Waals surface area contributed by atoms with Gasteiger partial charge >= 0.3 is 0 Å². The van der Waals surface area contributed by atoms with E-state index in [1.54, 1.807) is 4.90 Å². The van der Waals surface area contributed by atoms with Gasteiger partial charge < -0.3 is 14.7 Å². The molecule has 1 N–H and O–H groups in total. The number of hydrogen-bond donors (Lipinski definition) is 1. The number of aromatic hydroxyl groups is 1. The largest absolute Gasteiger partial charge is 0.507 e. The molecule has 0 radical (unpaired) electrons. The van der Waals surface area contributed by atoms with Crippen molar-refractivity contribution in [1.82, 2.24) is 9.80 Å². The lowest BCUT2D eigenvalue weighted by molar-refractivity contribution is -0.0776. The topological polar surface area (TPSA) is 53.0 Å². The fourth-order valence-corrected chi connectivity index (χ4v) is 3.56. The Kier molecular flexibility index (Phi) is 4.82. The van der Waals surface area contributed by atoms with Crippen molar-refractivity contribution in [3.05, 3.63) is 29.6 Å². The van der Waals surface area contributed by atoms with Crippen molar-refractivity contribution >= 4 is 5.91 Å². The van der Waals surface area contributed by atoms with E-state index in [4.69, 9.17) is 4.74 Å². The molecule has 2 aliphatic rings. The van der Waals surface area contributed by atoms with Gasteiger partial charge in [0, 0.05) is 31.7 Å². The molecule has 2 heterocycles. The van der Waals surface area contributed by atoms with E-state index in [1.165, 1.54) is 12.1 Å². The van der Waals surface area contributed by atoms with Crippen LogP contribution in [-0.4, -0.2) is 65.7 Å². The Morgan fingerprint density at radius 1 is 1.39 bits per heavy atom. The second kappa shape index (κ2) is 6.84. The molecule has 6 heteroatoms. The Morgan fingerprint density at radius 2 is 2.22 bits per heavy atom. The molecule has 2 aliphatic heterocycles. The molecule has 0 aliphatic carbocycles. The summed E-state index contributed by atoms with van der Waals surface area (Å²) in [4.78, 5) is 16.8. The molecule has 126 valence electrons. The summed E-state index contributed by atoms with van der Waals surface area (Å²) in [7, 11) is 0. The van der Waals surface area contributed by atoms with Gasteiger partial charge in [0.15, 0.2) is 0 Å². The van der Waals surface area contributed by atoms with Crippen LogP contribution in [0.15, 0.2) is 18.2 Å². The first-order valence-corrected chi connectivity index (χ1v) is 8.21. The van der Waals surface area contributed by atoms with Crippen molar-refractivity contribution in [2.24, 2.45) is 0 Å². The highest BCUT2D eigenvalue weighted by Crippen LogP contribution is 2.25. The molecule has 2 saturated heterocycles. The zero-order valence-corrected chi connectivity index (χ0v) is 13.4. The van der Waals surface area contributed by atoms with Gasteiger partial charge in [0.1, 0.15) is 11.6 Å². The molecule has 0 spiro atoms. The first-order chi connectivity index (χ1) is 11.1. The van der Waals surface area contributed by atoms with Crippen LogP contribution >= 0.6 is 0 Å². The number of carbonyl (C=O) groups excluding carboxylic acids is 1. The predicted octanol–water partition coefficient (Wildman–Crippen LogP) is 1.86. The van der Waals surface area contributed by atoms with Gasteiger partial charge in [0.05, 0.1) is 24.8 Å². The number of rotatable bonds is 3. The number of fused-ring (bicyclic) bond motifs is 1. The summed E-state index contributed by atoms with van der Waals surface area (Å²) in [5.41, 5.74) is 0.154. The Balaban J connectivity index is 1.70. The minimum Gasteiger partial charge on any atom is -0.507 e. The normalized spacial score (nSPS) is 25.2. The van der Waals surface area contributed by atoms with Crippen LogP contribution in [0.3, 0.4) is 0 Å². The second-order valence-corrected chi connectivity index (χ2v) is 6.28. The number of carbonyl (C=O) groups is 1. The van der Waals surface area contributed by atoms with Crippen molar-refractivity contribution in [2.75, 3.05) is 32.8 Å². The van der Waals surface area contributed by atoms with Crippen molar-refractivity contribution in [2.45, 2.75) is 31.8 Å². The zero-order chi connectivity index (χ0) is 16.4. The number of phenolic OH excluding ortho intramolecular Hbond substituents is 1. The number of morpholine rings is 1. The highest BCUT2D eigenvalue weighted by molar-refractivity contribution is 5.96. The first kappa shape index (κ1) is 16.2. The van der Waals surface area contributed by atoms with Crippen LogP contribution in [0.25, 0.3) is 0 Å². The number of ether oxygens (including phenoxy) is 1. The highest BCUT2D eigenvalue weighted by atomic mass is 19.1. The fraction of sp³-hybridized carbons (Fsp3) is 0.588. The molecule has 0 unspecified atom stereocenters. The first-order valence-electron chi connectivity index (χ1n) is 8.21. The molecule has 2 atom stereocenters. The molecule has 2 fully saturated rings. The molecular weight excluding hydrogens is 299 g/mol. The van der Waals surface area contributed by atoms with E-state index >= 15 is 0 Å². The van der Waals surface area contributed by atoms with Gasteiger partial charge in [-0.25, -0.2) is 4.39 Å². The summed E-state index contributed by atoms with van der Waals surface area (Å²) in [5, 5.41) is 9.81. The number of benzene rings is 1. The van der Waals surface area contributed by atoms with Gasteiger partial charge in [0.25, 0.3) is 5.91 Å². The lowest BCUT2D eigenvalue weighted by atomic mass is 10.0.